The molecule has 5 nitrogen and oxygen atoms in total. The van der Waals surface area contributed by atoms with E-state index in [9.17, 15) is 4.79 Å². The fourth-order valence-corrected chi connectivity index (χ4v) is 3.74. The second kappa shape index (κ2) is 9.74. The maximum atomic E-state index is 12.8. The molecule has 1 fully saturated rings. The minimum Gasteiger partial charge on any atom is -0.359 e. The zero-order chi connectivity index (χ0) is 20.8. The van der Waals surface area contributed by atoms with Crippen molar-refractivity contribution < 1.29 is 9.53 Å². The maximum absolute atomic E-state index is 12.8. The number of hydrogen-bond donors (Lipinski definition) is 0. The van der Waals surface area contributed by atoms with Gasteiger partial charge in [-0.1, -0.05) is 72.3 Å². The van der Waals surface area contributed by atoms with Crippen LogP contribution in [-0.2, 0) is 9.53 Å². The molecule has 154 valence electrons. The minimum atomic E-state index is -0.268. The van der Waals surface area contributed by atoms with E-state index in [4.69, 9.17) is 16.3 Å². The number of hydrogen-bond acceptors (Lipinski definition) is 4. The van der Waals surface area contributed by atoms with Crippen LogP contribution >= 0.6 is 11.6 Å². The molecule has 0 bridgehead atoms. The third kappa shape index (κ3) is 4.99. The molecule has 6 heteroatoms. The number of halogens is 1. The fraction of sp³-hybridized carbons (Fsp3) is 0.250. The van der Waals surface area contributed by atoms with E-state index < -0.39 is 0 Å². The van der Waals surface area contributed by atoms with Crippen molar-refractivity contribution in [3.05, 3.63) is 95.1 Å². The van der Waals surface area contributed by atoms with E-state index in [2.05, 4.69) is 9.88 Å². The summed E-state index contributed by atoms with van der Waals surface area (Å²) in [6.45, 7) is 2.82. The van der Waals surface area contributed by atoms with Gasteiger partial charge in [0.2, 0.25) is 5.91 Å². The summed E-state index contributed by atoms with van der Waals surface area (Å²) in [6.07, 6.45) is 1.38. The molecule has 0 saturated carbocycles. The van der Waals surface area contributed by atoms with Gasteiger partial charge in [0.1, 0.15) is 18.5 Å². The lowest BCUT2D eigenvalue weighted by Gasteiger charge is -2.35. The lowest BCUT2D eigenvalue weighted by atomic mass is 10.0. The lowest BCUT2D eigenvalue weighted by Crippen LogP contribution is -2.50. The summed E-state index contributed by atoms with van der Waals surface area (Å²) >= 11 is 5.92. The number of piperazine rings is 1. The van der Waals surface area contributed by atoms with Gasteiger partial charge < -0.3 is 14.5 Å². The minimum absolute atomic E-state index is 0.00979. The van der Waals surface area contributed by atoms with Gasteiger partial charge in [-0.3, -0.25) is 4.79 Å². The van der Waals surface area contributed by atoms with Gasteiger partial charge in [-0.2, -0.15) is 0 Å². The Kier molecular flexibility index (Phi) is 6.62. The van der Waals surface area contributed by atoms with Crippen LogP contribution in [0.5, 0.6) is 0 Å². The number of anilines is 1. The smallest absolute Gasteiger partial charge is 0.248 e. The molecule has 0 spiro atoms. The summed E-state index contributed by atoms with van der Waals surface area (Å²) in [5, 5.41) is 0.621. The number of pyridine rings is 1. The van der Waals surface area contributed by atoms with Crippen molar-refractivity contribution in [1.29, 1.82) is 0 Å². The van der Waals surface area contributed by atoms with E-state index in [1.54, 1.807) is 6.20 Å². The standard InChI is InChI=1S/C24H24ClN3O2/c25-21-11-12-22(26-17-21)27-13-15-28(16-14-27)23(29)18-30-24(19-7-3-1-4-8-19)20-9-5-2-6-10-20/h1-12,17,24H,13-16,18H2. The van der Waals surface area contributed by atoms with Crippen LogP contribution in [0.15, 0.2) is 79.0 Å². The number of rotatable bonds is 6. The molecule has 0 N–H and O–H groups in total. The number of carbonyl (C=O) groups excluding carboxylic acids is 1. The monoisotopic (exact) mass is 421 g/mol. The highest BCUT2D eigenvalue weighted by Gasteiger charge is 2.23. The Morgan fingerprint density at radius 2 is 1.50 bits per heavy atom. The molecule has 4 rings (SSSR count). The lowest BCUT2D eigenvalue weighted by molar-refractivity contribution is -0.137. The van der Waals surface area contributed by atoms with Crippen molar-refractivity contribution in [2.75, 3.05) is 37.7 Å². The van der Waals surface area contributed by atoms with Crippen LogP contribution in [0.3, 0.4) is 0 Å². The van der Waals surface area contributed by atoms with Gasteiger partial charge in [-0.05, 0) is 23.3 Å². The van der Waals surface area contributed by atoms with E-state index in [0.29, 0.717) is 18.1 Å². The molecule has 2 heterocycles. The van der Waals surface area contributed by atoms with Crippen molar-refractivity contribution >= 4 is 23.3 Å². The molecule has 0 aliphatic carbocycles. The van der Waals surface area contributed by atoms with Crippen LogP contribution < -0.4 is 4.90 Å². The summed E-state index contributed by atoms with van der Waals surface area (Å²) in [7, 11) is 0. The average molecular weight is 422 g/mol. The van der Waals surface area contributed by atoms with Crippen molar-refractivity contribution in [2.45, 2.75) is 6.10 Å². The molecule has 1 aliphatic rings. The van der Waals surface area contributed by atoms with E-state index in [1.165, 1.54) is 0 Å². The highest BCUT2D eigenvalue weighted by Crippen LogP contribution is 2.26. The van der Waals surface area contributed by atoms with E-state index >= 15 is 0 Å². The third-order valence-electron chi connectivity index (χ3n) is 5.25. The summed E-state index contributed by atoms with van der Waals surface area (Å²) in [4.78, 5) is 21.2. The Bertz CT molecular complexity index is 904. The number of ether oxygens (including phenoxy) is 1. The first-order valence-electron chi connectivity index (χ1n) is 10.1. The molecule has 0 radical (unpaired) electrons. The molecule has 3 aromatic rings. The molecular formula is C24H24ClN3O2. The van der Waals surface area contributed by atoms with Crippen LogP contribution in [0.1, 0.15) is 17.2 Å². The Hall–Kier alpha value is -2.89. The maximum Gasteiger partial charge on any atom is 0.248 e. The number of nitrogens with zero attached hydrogens (tertiary/aromatic N) is 3. The zero-order valence-electron chi connectivity index (χ0n) is 16.7. The molecule has 2 aromatic carbocycles. The van der Waals surface area contributed by atoms with Crippen molar-refractivity contribution in [3.63, 3.8) is 0 Å². The highest BCUT2D eigenvalue weighted by molar-refractivity contribution is 6.30. The van der Waals surface area contributed by atoms with E-state index in [-0.39, 0.29) is 18.6 Å². The van der Waals surface area contributed by atoms with Crippen molar-refractivity contribution in [1.82, 2.24) is 9.88 Å². The first-order chi connectivity index (χ1) is 14.7. The molecule has 0 unspecified atom stereocenters. The number of benzene rings is 2. The first kappa shape index (κ1) is 20.4. The zero-order valence-corrected chi connectivity index (χ0v) is 17.4. The summed E-state index contributed by atoms with van der Waals surface area (Å²) in [5.41, 5.74) is 2.07. The molecular weight excluding hydrogens is 398 g/mol. The largest absolute Gasteiger partial charge is 0.359 e. The highest BCUT2D eigenvalue weighted by atomic mass is 35.5. The Balaban J connectivity index is 1.36. The predicted molar refractivity (Wildman–Crippen MR) is 119 cm³/mol. The summed E-state index contributed by atoms with van der Waals surface area (Å²) < 4.78 is 6.12. The summed E-state index contributed by atoms with van der Waals surface area (Å²) in [5.74, 6) is 0.895. The molecule has 1 aromatic heterocycles. The van der Waals surface area contributed by atoms with Gasteiger partial charge >= 0.3 is 0 Å². The quantitative estimate of drug-likeness (QED) is 0.598. The van der Waals surface area contributed by atoms with Gasteiger partial charge in [0.25, 0.3) is 0 Å². The SMILES string of the molecule is O=C(COC(c1ccccc1)c1ccccc1)N1CCN(c2ccc(Cl)cn2)CC1. The number of amides is 1. The first-order valence-corrected chi connectivity index (χ1v) is 10.4. The van der Waals surface area contributed by atoms with Gasteiger partial charge in [0, 0.05) is 32.4 Å². The predicted octanol–water partition coefficient (Wildman–Crippen LogP) is 4.19. The number of carbonyl (C=O) groups is 1. The van der Waals surface area contributed by atoms with Crippen LogP contribution in [0.4, 0.5) is 5.82 Å². The topological polar surface area (TPSA) is 45.7 Å². The van der Waals surface area contributed by atoms with Crippen LogP contribution in [0.2, 0.25) is 5.02 Å². The Morgan fingerprint density at radius 1 is 0.900 bits per heavy atom. The van der Waals surface area contributed by atoms with Gasteiger partial charge in [0.15, 0.2) is 0 Å². The number of aromatic nitrogens is 1. The molecule has 30 heavy (non-hydrogen) atoms. The normalized spacial score (nSPS) is 14.2. The van der Waals surface area contributed by atoms with Crippen molar-refractivity contribution in [2.24, 2.45) is 0 Å². The molecule has 0 atom stereocenters. The third-order valence-corrected chi connectivity index (χ3v) is 5.47. The van der Waals surface area contributed by atoms with Gasteiger partial charge in [-0.25, -0.2) is 4.98 Å². The Morgan fingerprint density at radius 3 is 2.03 bits per heavy atom. The van der Waals surface area contributed by atoms with Gasteiger partial charge in [0.05, 0.1) is 5.02 Å². The molecule has 1 saturated heterocycles. The van der Waals surface area contributed by atoms with Crippen LogP contribution in [-0.4, -0.2) is 48.6 Å². The Labute approximate surface area is 181 Å². The summed E-state index contributed by atoms with van der Waals surface area (Å²) in [6, 6.07) is 23.8. The second-order valence-electron chi connectivity index (χ2n) is 7.21. The van der Waals surface area contributed by atoms with E-state index in [0.717, 1.165) is 30.0 Å². The second-order valence-corrected chi connectivity index (χ2v) is 7.65. The molecule has 1 aliphatic heterocycles. The van der Waals surface area contributed by atoms with Crippen LogP contribution in [0, 0.1) is 0 Å². The average Bonchev–Trinajstić information content (AvgIpc) is 2.81. The van der Waals surface area contributed by atoms with Gasteiger partial charge in [-0.15, -0.1) is 0 Å². The fourth-order valence-electron chi connectivity index (χ4n) is 3.63. The van der Waals surface area contributed by atoms with E-state index in [1.807, 2.05) is 77.7 Å². The van der Waals surface area contributed by atoms with Crippen molar-refractivity contribution in [3.8, 4) is 0 Å². The van der Waals surface area contributed by atoms with Crippen LogP contribution in [0.25, 0.3) is 0 Å². The molecule has 1 amide bonds.